The van der Waals surface area contributed by atoms with E-state index in [4.69, 9.17) is 18.0 Å². The minimum Gasteiger partial charge on any atom is -0.389 e. The summed E-state index contributed by atoms with van der Waals surface area (Å²) in [5.74, 6) is 0.401. The third-order valence-electron chi connectivity index (χ3n) is 4.39. The Morgan fingerprint density at radius 3 is 2.52 bits per heavy atom. The Labute approximate surface area is 132 Å². The Morgan fingerprint density at radius 1 is 1.38 bits per heavy atom. The van der Waals surface area contributed by atoms with Crippen molar-refractivity contribution in [3.8, 4) is 0 Å². The van der Waals surface area contributed by atoms with Crippen molar-refractivity contribution in [2.45, 2.75) is 32.4 Å². The topological polar surface area (TPSA) is 72.2 Å². The summed E-state index contributed by atoms with van der Waals surface area (Å²) in [4.78, 5) is 0.224. The van der Waals surface area contributed by atoms with Crippen LogP contribution in [0.4, 0.5) is 0 Å². The van der Waals surface area contributed by atoms with Crippen molar-refractivity contribution in [1.82, 2.24) is 4.72 Å². The Balaban J connectivity index is 2.07. The number of rotatable bonds is 7. The van der Waals surface area contributed by atoms with Crippen molar-refractivity contribution >= 4 is 27.2 Å². The Bertz CT molecular complexity index is 635. The molecule has 0 amide bonds. The summed E-state index contributed by atoms with van der Waals surface area (Å²) in [5, 5.41) is 0. The molecule has 116 valence electrons. The van der Waals surface area contributed by atoms with Crippen LogP contribution in [0.5, 0.6) is 0 Å². The second-order valence-electron chi connectivity index (χ2n) is 6.12. The highest BCUT2D eigenvalue weighted by molar-refractivity contribution is 7.88. The van der Waals surface area contributed by atoms with Gasteiger partial charge in [0.05, 0.1) is 5.75 Å². The van der Waals surface area contributed by atoms with Gasteiger partial charge >= 0.3 is 0 Å². The molecule has 6 heteroatoms. The van der Waals surface area contributed by atoms with Crippen molar-refractivity contribution in [2.75, 3.05) is 6.54 Å². The van der Waals surface area contributed by atoms with Crippen LogP contribution in [0.3, 0.4) is 0 Å². The van der Waals surface area contributed by atoms with Crippen molar-refractivity contribution in [3.63, 3.8) is 0 Å². The van der Waals surface area contributed by atoms with Gasteiger partial charge in [0.15, 0.2) is 0 Å². The smallest absolute Gasteiger partial charge is 0.215 e. The Morgan fingerprint density at radius 2 is 2.00 bits per heavy atom. The summed E-state index contributed by atoms with van der Waals surface area (Å²) in [6.07, 6.45) is 2.19. The predicted octanol–water partition coefficient (Wildman–Crippen LogP) is 2.18. The molecule has 0 spiro atoms. The molecule has 1 aliphatic carbocycles. The molecule has 0 atom stereocenters. The molecular formula is C15H22N2O2S2. The zero-order valence-electron chi connectivity index (χ0n) is 12.4. The van der Waals surface area contributed by atoms with Gasteiger partial charge in [0.25, 0.3) is 0 Å². The molecule has 0 unspecified atom stereocenters. The summed E-state index contributed by atoms with van der Waals surface area (Å²) in [6, 6.07) is 7.10. The highest BCUT2D eigenvalue weighted by Gasteiger charge is 2.45. The van der Waals surface area contributed by atoms with Crippen LogP contribution in [0.2, 0.25) is 0 Å². The van der Waals surface area contributed by atoms with Gasteiger partial charge in [0, 0.05) is 12.1 Å². The lowest BCUT2D eigenvalue weighted by Crippen LogP contribution is -2.33. The number of hydrogen-bond acceptors (Lipinski definition) is 3. The molecule has 0 aromatic heterocycles. The summed E-state index contributed by atoms with van der Waals surface area (Å²) in [7, 11) is -3.38. The molecule has 1 fully saturated rings. The SMILES string of the molecule is CC(C)C1(CNS(=O)(=O)Cc2ccccc2C(N)=S)CC1. The first-order chi connectivity index (χ1) is 9.76. The third kappa shape index (κ3) is 4.02. The maximum Gasteiger partial charge on any atom is 0.215 e. The summed E-state index contributed by atoms with van der Waals surface area (Å²) in [6.45, 7) is 4.80. The zero-order valence-corrected chi connectivity index (χ0v) is 14.1. The lowest BCUT2D eigenvalue weighted by molar-refractivity contribution is 0.357. The van der Waals surface area contributed by atoms with E-state index in [0.717, 1.165) is 12.8 Å². The van der Waals surface area contributed by atoms with Crippen LogP contribution in [0, 0.1) is 11.3 Å². The van der Waals surface area contributed by atoms with Gasteiger partial charge in [-0.15, -0.1) is 0 Å². The van der Waals surface area contributed by atoms with Gasteiger partial charge in [-0.3, -0.25) is 0 Å². The van der Waals surface area contributed by atoms with Crippen LogP contribution in [0.25, 0.3) is 0 Å². The highest BCUT2D eigenvalue weighted by Crippen LogP contribution is 2.51. The molecular weight excluding hydrogens is 304 g/mol. The molecule has 0 saturated heterocycles. The molecule has 1 aromatic rings. The van der Waals surface area contributed by atoms with Gasteiger partial charge in [-0.1, -0.05) is 50.3 Å². The largest absolute Gasteiger partial charge is 0.389 e. The Kier molecular flexibility index (Phi) is 4.70. The fourth-order valence-corrected chi connectivity index (χ4v) is 3.98. The van der Waals surface area contributed by atoms with E-state index in [-0.39, 0.29) is 16.2 Å². The minimum atomic E-state index is -3.38. The van der Waals surface area contributed by atoms with Crippen LogP contribution in [0.1, 0.15) is 37.8 Å². The second-order valence-corrected chi connectivity index (χ2v) is 8.37. The fraction of sp³-hybridized carbons (Fsp3) is 0.533. The third-order valence-corrected chi connectivity index (χ3v) is 5.88. The maximum atomic E-state index is 12.3. The first kappa shape index (κ1) is 16.4. The van der Waals surface area contributed by atoms with E-state index in [9.17, 15) is 8.42 Å². The van der Waals surface area contributed by atoms with Crippen LogP contribution in [-0.4, -0.2) is 20.0 Å². The second kappa shape index (κ2) is 6.02. The van der Waals surface area contributed by atoms with E-state index in [1.54, 1.807) is 24.3 Å². The number of hydrogen-bond donors (Lipinski definition) is 2. The number of thiocarbonyl (C=S) groups is 1. The minimum absolute atomic E-state index is 0.0886. The zero-order chi connectivity index (χ0) is 15.7. The molecule has 0 radical (unpaired) electrons. The standard InChI is InChI=1S/C15H22N2O2S2/c1-11(2)15(7-8-15)10-17-21(18,19)9-12-5-3-4-6-13(12)14(16)20/h3-6,11,17H,7-10H2,1-2H3,(H2,16,20). The van der Waals surface area contributed by atoms with E-state index in [2.05, 4.69) is 18.6 Å². The molecule has 21 heavy (non-hydrogen) atoms. The summed E-state index contributed by atoms with van der Waals surface area (Å²) < 4.78 is 27.3. The number of nitrogens with one attached hydrogen (secondary N) is 1. The van der Waals surface area contributed by atoms with Crippen molar-refractivity contribution in [1.29, 1.82) is 0 Å². The van der Waals surface area contributed by atoms with E-state index in [1.807, 2.05) is 0 Å². The van der Waals surface area contributed by atoms with E-state index in [1.165, 1.54) is 0 Å². The first-order valence-electron chi connectivity index (χ1n) is 7.11. The highest BCUT2D eigenvalue weighted by atomic mass is 32.2. The molecule has 0 aliphatic heterocycles. The molecule has 1 aromatic carbocycles. The van der Waals surface area contributed by atoms with Gasteiger partial charge in [-0.05, 0) is 29.7 Å². The van der Waals surface area contributed by atoms with Crippen molar-refractivity contribution in [2.24, 2.45) is 17.1 Å². The van der Waals surface area contributed by atoms with Gasteiger partial charge in [0.2, 0.25) is 10.0 Å². The normalized spacial score (nSPS) is 16.9. The Hall–Kier alpha value is -0.980. The molecule has 0 heterocycles. The fourth-order valence-electron chi connectivity index (χ4n) is 2.51. The van der Waals surface area contributed by atoms with E-state index < -0.39 is 10.0 Å². The van der Waals surface area contributed by atoms with E-state index >= 15 is 0 Å². The molecule has 1 saturated carbocycles. The predicted molar refractivity (Wildman–Crippen MR) is 89.5 cm³/mol. The van der Waals surface area contributed by atoms with Crippen LogP contribution < -0.4 is 10.5 Å². The number of benzene rings is 1. The van der Waals surface area contributed by atoms with Gasteiger partial charge in [0.1, 0.15) is 4.99 Å². The molecule has 2 rings (SSSR count). The van der Waals surface area contributed by atoms with Gasteiger partial charge in [-0.25, -0.2) is 13.1 Å². The maximum absolute atomic E-state index is 12.3. The average Bonchev–Trinajstić information content (AvgIpc) is 3.17. The first-order valence-corrected chi connectivity index (χ1v) is 9.17. The monoisotopic (exact) mass is 326 g/mol. The van der Waals surface area contributed by atoms with Crippen LogP contribution in [-0.2, 0) is 15.8 Å². The van der Waals surface area contributed by atoms with Crippen molar-refractivity contribution in [3.05, 3.63) is 35.4 Å². The van der Waals surface area contributed by atoms with Crippen LogP contribution >= 0.6 is 12.2 Å². The molecule has 4 nitrogen and oxygen atoms in total. The average molecular weight is 326 g/mol. The lowest BCUT2D eigenvalue weighted by atomic mass is 9.93. The summed E-state index contributed by atoms with van der Waals surface area (Å²) >= 11 is 4.97. The number of sulfonamides is 1. The van der Waals surface area contributed by atoms with Gasteiger partial charge in [-0.2, -0.15) is 0 Å². The molecule has 0 bridgehead atoms. The summed E-state index contributed by atoms with van der Waals surface area (Å²) in [5.41, 5.74) is 7.06. The molecule has 1 aliphatic rings. The van der Waals surface area contributed by atoms with Gasteiger partial charge < -0.3 is 5.73 Å². The number of nitrogens with two attached hydrogens (primary N) is 1. The van der Waals surface area contributed by atoms with E-state index in [0.29, 0.717) is 23.6 Å². The molecule has 3 N–H and O–H groups in total. The quantitative estimate of drug-likeness (QED) is 0.753. The lowest BCUT2D eigenvalue weighted by Gasteiger charge is -2.20. The van der Waals surface area contributed by atoms with Crippen molar-refractivity contribution < 1.29 is 8.42 Å². The van der Waals surface area contributed by atoms with Crippen LogP contribution in [0.15, 0.2) is 24.3 Å².